The molecule has 3 heteroatoms. The number of esters is 1. The molecule has 0 bridgehead atoms. The third-order valence-corrected chi connectivity index (χ3v) is 6.67. The number of cyclic esters (lactones) is 1. The first-order valence-electron chi connectivity index (χ1n) is 6.09. The zero-order chi connectivity index (χ0) is 12.6. The second-order valence-corrected chi connectivity index (χ2v) is 7.90. The number of hydrogen-bond donors (Lipinski definition) is 0. The van der Waals surface area contributed by atoms with Gasteiger partial charge in [-0.1, -0.05) is 0 Å². The fourth-order valence-corrected chi connectivity index (χ4v) is 4.90. The van der Waals surface area contributed by atoms with E-state index >= 15 is 0 Å². The number of hydrogen-bond acceptors (Lipinski definition) is 2. The molecule has 1 fully saturated rings. The van der Waals surface area contributed by atoms with E-state index < -0.39 is 0 Å². The number of carbonyl (C=O) groups is 1. The van der Waals surface area contributed by atoms with Crippen molar-refractivity contribution in [3.63, 3.8) is 0 Å². The Morgan fingerprint density at radius 1 is 1.29 bits per heavy atom. The average molecular weight is 418 g/mol. The quantitative estimate of drug-likeness (QED) is 0.517. The van der Waals surface area contributed by atoms with Gasteiger partial charge in [0, 0.05) is 0 Å². The Kier molecular flexibility index (Phi) is 3.91. The van der Waals surface area contributed by atoms with Gasteiger partial charge in [0.15, 0.2) is 0 Å². The van der Waals surface area contributed by atoms with E-state index in [1.165, 1.54) is 25.3 Å². The van der Waals surface area contributed by atoms with Crippen molar-refractivity contribution in [2.45, 2.75) is 39.5 Å². The van der Waals surface area contributed by atoms with Crippen molar-refractivity contribution in [1.29, 1.82) is 0 Å². The predicted octanol–water partition coefficient (Wildman–Crippen LogP) is 2.20. The number of ether oxygens (including phenoxy) is 1. The van der Waals surface area contributed by atoms with Crippen molar-refractivity contribution in [3.8, 4) is 0 Å². The van der Waals surface area contributed by atoms with Crippen molar-refractivity contribution in [3.05, 3.63) is 28.3 Å². The predicted molar refractivity (Wildman–Crippen MR) is 63.2 cm³/mol. The molecule has 17 heavy (non-hydrogen) atoms. The Morgan fingerprint density at radius 3 is 2.59 bits per heavy atom. The average Bonchev–Trinajstić information content (AvgIpc) is 2.29. The van der Waals surface area contributed by atoms with Crippen LogP contribution < -0.4 is 3.07 Å². The molecule has 0 unspecified atom stereocenters. The van der Waals surface area contributed by atoms with Gasteiger partial charge in [-0.3, -0.25) is 0 Å². The molecule has 1 aliphatic rings. The molecular weight excluding hydrogens is 401 g/mol. The van der Waals surface area contributed by atoms with E-state index in [9.17, 15) is 4.79 Å². The molecule has 1 aromatic carbocycles. The minimum atomic E-state index is -0.0456. The van der Waals surface area contributed by atoms with E-state index in [4.69, 9.17) is 4.74 Å². The zero-order valence-electron chi connectivity index (χ0n) is 10.8. The van der Waals surface area contributed by atoms with Gasteiger partial charge in [0.1, 0.15) is 0 Å². The van der Waals surface area contributed by atoms with Crippen LogP contribution in [0.15, 0.2) is 6.07 Å². The molecule has 0 N–H and O–H groups in total. The summed E-state index contributed by atoms with van der Waals surface area (Å²) in [4.78, 5) is 11.1. The van der Waals surface area contributed by atoms with E-state index in [2.05, 4.69) is 26.8 Å². The summed E-state index contributed by atoms with van der Waals surface area (Å²) in [6.07, 6.45) is 1.50. The first-order chi connectivity index (χ1) is 8.00. The molecule has 87 valence electrons. The standard InChI is InChI=1S/C14H17O2.Hg/c1-9-4-5-10(2)14(11(9)3)12-6-7-13(15)16-8-12;/h5,12H,6-8H2,1-3H3;/t12-;/m1./s1. The first-order valence-corrected chi connectivity index (χ1v) is 8.84. The molecule has 0 radical (unpaired) electrons. The molecule has 0 aliphatic carbocycles. The third kappa shape index (κ3) is 2.57. The summed E-state index contributed by atoms with van der Waals surface area (Å²) in [6.45, 7) is 7.18. The summed E-state index contributed by atoms with van der Waals surface area (Å²) in [6, 6.07) is 2.33. The molecule has 1 atom stereocenters. The van der Waals surface area contributed by atoms with Crippen LogP contribution in [-0.2, 0) is 35.7 Å². The van der Waals surface area contributed by atoms with Crippen LogP contribution in [0.5, 0.6) is 0 Å². The molecule has 2 nitrogen and oxygen atoms in total. The summed E-state index contributed by atoms with van der Waals surface area (Å²) >= 11 is 0.674. The van der Waals surface area contributed by atoms with Gasteiger partial charge in [-0.05, 0) is 0 Å². The van der Waals surface area contributed by atoms with Crippen molar-refractivity contribution >= 4 is 9.04 Å². The van der Waals surface area contributed by atoms with Crippen LogP contribution in [0.1, 0.15) is 41.0 Å². The SMILES string of the molecule is Cc1c[c]([Hg])c(C)c(C)c1[C@@H]1CCC(=O)OC1. The Labute approximate surface area is 119 Å². The molecule has 0 amide bonds. The molecular formula is C14H17HgO2. The van der Waals surface area contributed by atoms with Crippen LogP contribution in [0.4, 0.5) is 0 Å². The molecule has 2 rings (SSSR count). The van der Waals surface area contributed by atoms with E-state index in [-0.39, 0.29) is 5.97 Å². The normalized spacial score (nSPS) is 20.3. The molecule has 1 saturated heterocycles. The summed E-state index contributed by atoms with van der Waals surface area (Å²) in [5.41, 5.74) is 5.66. The summed E-state index contributed by atoms with van der Waals surface area (Å²) in [7, 11) is 0. The van der Waals surface area contributed by atoms with Crippen LogP contribution in [0.3, 0.4) is 0 Å². The van der Waals surface area contributed by atoms with Gasteiger partial charge in [-0.2, -0.15) is 0 Å². The first kappa shape index (κ1) is 13.1. The van der Waals surface area contributed by atoms with Crippen molar-refractivity contribution in [2.24, 2.45) is 0 Å². The second-order valence-electron chi connectivity index (χ2n) is 4.93. The zero-order valence-corrected chi connectivity index (χ0v) is 16.3. The monoisotopic (exact) mass is 419 g/mol. The van der Waals surface area contributed by atoms with Gasteiger partial charge in [-0.25, -0.2) is 0 Å². The van der Waals surface area contributed by atoms with E-state index in [0.717, 1.165) is 6.42 Å². The molecule has 1 heterocycles. The third-order valence-electron chi connectivity index (χ3n) is 3.81. The van der Waals surface area contributed by atoms with Crippen molar-refractivity contribution in [1.82, 2.24) is 0 Å². The fourth-order valence-electron chi connectivity index (χ4n) is 2.68. The van der Waals surface area contributed by atoms with E-state index in [0.29, 0.717) is 45.1 Å². The van der Waals surface area contributed by atoms with Gasteiger partial charge in [0.25, 0.3) is 0 Å². The minimum absolute atomic E-state index is 0.0456. The maximum absolute atomic E-state index is 11.1. The molecule has 1 aliphatic heterocycles. The van der Waals surface area contributed by atoms with E-state index in [1.54, 1.807) is 0 Å². The molecule has 0 aromatic heterocycles. The molecule has 0 spiro atoms. The topological polar surface area (TPSA) is 26.3 Å². The summed E-state index contributed by atoms with van der Waals surface area (Å²) < 4.78 is 6.74. The second kappa shape index (κ2) is 5.09. The van der Waals surface area contributed by atoms with E-state index in [1.807, 2.05) is 0 Å². The molecule has 1 aromatic rings. The summed E-state index contributed by atoms with van der Waals surface area (Å²) in [5.74, 6) is 0.357. The number of benzene rings is 1. The Bertz CT molecular complexity index is 456. The number of aryl methyl sites for hydroxylation is 1. The van der Waals surface area contributed by atoms with Gasteiger partial charge in [0.05, 0.1) is 0 Å². The molecule has 0 saturated carbocycles. The van der Waals surface area contributed by atoms with Crippen molar-refractivity contribution < 1.29 is 35.7 Å². The van der Waals surface area contributed by atoms with Gasteiger partial charge >= 0.3 is 119 Å². The Morgan fingerprint density at radius 2 is 2.00 bits per heavy atom. The van der Waals surface area contributed by atoms with Crippen LogP contribution in [0.2, 0.25) is 0 Å². The fraction of sp³-hybridized carbons (Fsp3) is 0.500. The Hall–Kier alpha value is -0.375. The maximum atomic E-state index is 11.1. The van der Waals surface area contributed by atoms with Gasteiger partial charge in [-0.15, -0.1) is 0 Å². The van der Waals surface area contributed by atoms with Crippen LogP contribution >= 0.6 is 0 Å². The van der Waals surface area contributed by atoms with Gasteiger partial charge in [0.2, 0.25) is 0 Å². The van der Waals surface area contributed by atoms with Crippen LogP contribution in [-0.4, -0.2) is 12.6 Å². The summed E-state index contributed by atoms with van der Waals surface area (Å²) in [5, 5.41) is 0. The van der Waals surface area contributed by atoms with Gasteiger partial charge < -0.3 is 0 Å². The van der Waals surface area contributed by atoms with Crippen LogP contribution in [0, 0.1) is 20.8 Å². The number of rotatable bonds is 1. The van der Waals surface area contributed by atoms with Crippen LogP contribution in [0.25, 0.3) is 0 Å². The van der Waals surface area contributed by atoms with Crippen molar-refractivity contribution in [2.75, 3.05) is 6.61 Å². The Balaban J connectivity index is 2.38. The number of carbonyl (C=O) groups excluding carboxylic acids is 1.